The lowest BCUT2D eigenvalue weighted by Crippen LogP contribution is -1.95. The van der Waals surface area contributed by atoms with E-state index < -0.39 is 0 Å². The molecule has 124 valence electrons. The third-order valence-corrected chi connectivity index (χ3v) is 4.73. The van der Waals surface area contributed by atoms with Crippen LogP contribution in [0.25, 0.3) is 22.2 Å². The van der Waals surface area contributed by atoms with E-state index in [4.69, 9.17) is 14.2 Å². The first kappa shape index (κ1) is 16.2. The van der Waals surface area contributed by atoms with E-state index in [0.717, 1.165) is 20.5 Å². The lowest BCUT2D eigenvalue weighted by atomic mass is 10.1. The van der Waals surface area contributed by atoms with Crippen LogP contribution < -0.4 is 14.2 Å². The van der Waals surface area contributed by atoms with Crippen LogP contribution >= 0.6 is 11.3 Å². The van der Waals surface area contributed by atoms with Crippen LogP contribution in [0.2, 0.25) is 0 Å². The van der Waals surface area contributed by atoms with Gasteiger partial charge >= 0.3 is 0 Å². The van der Waals surface area contributed by atoms with Crippen molar-refractivity contribution in [2.45, 2.75) is 0 Å². The van der Waals surface area contributed by atoms with Crippen LogP contribution in [0, 0.1) is 0 Å². The highest BCUT2D eigenvalue weighted by Gasteiger charge is 2.12. The minimum Gasteiger partial charge on any atom is -0.508 e. The Labute approximate surface area is 144 Å². The average Bonchev–Trinajstić information content (AvgIpc) is 3.00. The van der Waals surface area contributed by atoms with Crippen molar-refractivity contribution in [3.63, 3.8) is 0 Å². The highest BCUT2D eigenvalue weighted by Crippen LogP contribution is 2.39. The molecule has 2 aromatic carbocycles. The quantitative estimate of drug-likeness (QED) is 0.723. The first-order chi connectivity index (χ1) is 11.6. The molecule has 1 heterocycles. The summed E-state index contributed by atoms with van der Waals surface area (Å²) in [7, 11) is 4.79. The molecule has 3 rings (SSSR count). The van der Waals surface area contributed by atoms with Crippen LogP contribution in [-0.4, -0.2) is 26.4 Å². The maximum absolute atomic E-state index is 9.56. The molecule has 4 nitrogen and oxygen atoms in total. The van der Waals surface area contributed by atoms with Crippen molar-refractivity contribution >= 4 is 33.6 Å². The summed E-state index contributed by atoms with van der Waals surface area (Å²) in [6, 6.07) is 11.2. The number of phenols is 1. The van der Waals surface area contributed by atoms with Gasteiger partial charge in [-0.25, -0.2) is 0 Å². The molecular weight excluding hydrogens is 324 g/mol. The van der Waals surface area contributed by atoms with E-state index in [0.29, 0.717) is 17.2 Å². The second-order valence-corrected chi connectivity index (χ2v) is 6.28. The van der Waals surface area contributed by atoms with Crippen molar-refractivity contribution in [2.24, 2.45) is 0 Å². The third kappa shape index (κ3) is 3.16. The Balaban J connectivity index is 1.95. The van der Waals surface area contributed by atoms with E-state index in [-0.39, 0.29) is 5.75 Å². The van der Waals surface area contributed by atoms with Gasteiger partial charge in [-0.1, -0.05) is 6.08 Å². The SMILES string of the molecule is COc1cc(/C=C\c2cc3cc(O)ccc3s2)cc(OC)c1OC. The molecule has 1 N–H and O–H groups in total. The number of rotatable bonds is 5. The van der Waals surface area contributed by atoms with Gasteiger partial charge in [0.2, 0.25) is 5.75 Å². The summed E-state index contributed by atoms with van der Waals surface area (Å²) in [4.78, 5) is 1.10. The molecule has 0 bridgehead atoms. The monoisotopic (exact) mass is 342 g/mol. The second kappa shape index (κ2) is 6.84. The summed E-state index contributed by atoms with van der Waals surface area (Å²) in [6.45, 7) is 0. The Hall–Kier alpha value is -2.66. The highest BCUT2D eigenvalue weighted by atomic mass is 32.1. The fraction of sp³-hybridized carbons (Fsp3) is 0.158. The van der Waals surface area contributed by atoms with E-state index in [1.54, 1.807) is 44.8 Å². The van der Waals surface area contributed by atoms with E-state index >= 15 is 0 Å². The molecule has 0 unspecified atom stereocenters. The molecule has 0 aliphatic heterocycles. The Morgan fingerprint density at radius 3 is 2.21 bits per heavy atom. The number of hydrogen-bond donors (Lipinski definition) is 1. The molecule has 0 fully saturated rings. The largest absolute Gasteiger partial charge is 0.508 e. The summed E-state index contributed by atoms with van der Waals surface area (Å²) in [5.74, 6) is 2.10. The summed E-state index contributed by atoms with van der Waals surface area (Å²) in [6.07, 6.45) is 4.03. The predicted molar refractivity (Wildman–Crippen MR) is 98.5 cm³/mol. The fourth-order valence-corrected chi connectivity index (χ4v) is 3.46. The Kier molecular flexibility index (Phi) is 4.62. The molecule has 0 amide bonds. The minimum absolute atomic E-state index is 0.278. The standard InChI is InChI=1S/C19H18O4S/c1-21-16-8-12(9-17(22-2)19(16)23-3)4-6-15-11-13-10-14(20)5-7-18(13)24-15/h4-11,20H,1-3H3/b6-4-. The van der Waals surface area contributed by atoms with Gasteiger partial charge in [0.15, 0.2) is 11.5 Å². The second-order valence-electron chi connectivity index (χ2n) is 5.16. The summed E-state index contributed by atoms with van der Waals surface area (Å²) < 4.78 is 17.2. The number of methoxy groups -OCH3 is 3. The van der Waals surface area contributed by atoms with E-state index in [9.17, 15) is 5.11 Å². The normalized spacial score (nSPS) is 11.1. The predicted octanol–water partition coefficient (Wildman–Crippen LogP) is 4.80. The first-order valence-electron chi connectivity index (χ1n) is 7.35. The zero-order valence-corrected chi connectivity index (χ0v) is 14.5. The summed E-state index contributed by atoms with van der Waals surface area (Å²) in [5, 5.41) is 10.6. The molecule has 1 aromatic heterocycles. The molecule has 0 spiro atoms. The molecule has 0 saturated heterocycles. The van der Waals surface area contributed by atoms with Crippen molar-refractivity contribution in [3.05, 3.63) is 46.8 Å². The Morgan fingerprint density at radius 2 is 1.58 bits per heavy atom. The van der Waals surface area contributed by atoms with Gasteiger partial charge in [0.25, 0.3) is 0 Å². The number of benzene rings is 2. The van der Waals surface area contributed by atoms with E-state index in [1.165, 1.54) is 0 Å². The molecule has 0 aliphatic rings. The van der Waals surface area contributed by atoms with Crippen molar-refractivity contribution in [2.75, 3.05) is 21.3 Å². The number of hydrogen-bond acceptors (Lipinski definition) is 5. The zero-order chi connectivity index (χ0) is 17.1. The van der Waals surface area contributed by atoms with Gasteiger partial charge in [0.05, 0.1) is 21.3 Å². The van der Waals surface area contributed by atoms with Gasteiger partial charge in [-0.3, -0.25) is 0 Å². The zero-order valence-electron chi connectivity index (χ0n) is 13.7. The number of ether oxygens (including phenoxy) is 3. The Bertz CT molecular complexity index is 871. The first-order valence-corrected chi connectivity index (χ1v) is 8.17. The van der Waals surface area contributed by atoms with Crippen LogP contribution in [-0.2, 0) is 0 Å². The van der Waals surface area contributed by atoms with Crippen molar-refractivity contribution in [1.82, 2.24) is 0 Å². The maximum Gasteiger partial charge on any atom is 0.203 e. The average molecular weight is 342 g/mol. The van der Waals surface area contributed by atoms with Gasteiger partial charge < -0.3 is 19.3 Å². The van der Waals surface area contributed by atoms with Crippen LogP contribution in [0.3, 0.4) is 0 Å². The number of fused-ring (bicyclic) bond motifs is 1. The molecule has 5 heteroatoms. The van der Waals surface area contributed by atoms with Gasteiger partial charge in [-0.05, 0) is 53.4 Å². The van der Waals surface area contributed by atoms with Crippen molar-refractivity contribution in [1.29, 1.82) is 0 Å². The van der Waals surface area contributed by atoms with Crippen LogP contribution in [0.5, 0.6) is 23.0 Å². The fourth-order valence-electron chi connectivity index (χ4n) is 2.51. The van der Waals surface area contributed by atoms with Crippen LogP contribution in [0.4, 0.5) is 0 Å². The lowest BCUT2D eigenvalue weighted by molar-refractivity contribution is 0.324. The molecule has 0 atom stereocenters. The molecule has 3 aromatic rings. The van der Waals surface area contributed by atoms with Gasteiger partial charge in [-0.2, -0.15) is 0 Å². The summed E-state index contributed by atoms with van der Waals surface area (Å²) >= 11 is 1.67. The van der Waals surface area contributed by atoms with Gasteiger partial charge in [0.1, 0.15) is 5.75 Å². The number of thiophene rings is 1. The van der Waals surface area contributed by atoms with Crippen molar-refractivity contribution < 1.29 is 19.3 Å². The highest BCUT2D eigenvalue weighted by molar-refractivity contribution is 7.19. The molecule has 0 saturated carbocycles. The lowest BCUT2D eigenvalue weighted by Gasteiger charge is -2.12. The maximum atomic E-state index is 9.56. The molecule has 24 heavy (non-hydrogen) atoms. The smallest absolute Gasteiger partial charge is 0.203 e. The van der Waals surface area contributed by atoms with Crippen LogP contribution in [0.15, 0.2) is 36.4 Å². The van der Waals surface area contributed by atoms with E-state index in [1.807, 2.05) is 36.4 Å². The topological polar surface area (TPSA) is 47.9 Å². The van der Waals surface area contributed by atoms with Gasteiger partial charge in [0, 0.05) is 9.58 Å². The van der Waals surface area contributed by atoms with Crippen LogP contribution in [0.1, 0.15) is 10.4 Å². The Morgan fingerprint density at radius 1 is 0.875 bits per heavy atom. The summed E-state index contributed by atoms with van der Waals surface area (Å²) in [5.41, 5.74) is 0.949. The third-order valence-electron chi connectivity index (χ3n) is 3.65. The molecular formula is C19H18O4S. The van der Waals surface area contributed by atoms with Gasteiger partial charge in [-0.15, -0.1) is 11.3 Å². The minimum atomic E-state index is 0.278. The number of phenolic OH excluding ortho intramolecular Hbond substituents is 1. The molecule has 0 radical (unpaired) electrons. The van der Waals surface area contributed by atoms with E-state index in [2.05, 4.69) is 0 Å². The number of aromatic hydroxyl groups is 1. The van der Waals surface area contributed by atoms with Crippen molar-refractivity contribution in [3.8, 4) is 23.0 Å². The molecule has 0 aliphatic carbocycles.